The van der Waals surface area contributed by atoms with Crippen molar-refractivity contribution in [3.05, 3.63) is 41.2 Å². The molecule has 1 aromatic carbocycles. The zero-order valence-corrected chi connectivity index (χ0v) is 11.9. The maximum absolute atomic E-state index is 9.55. The second-order valence-electron chi connectivity index (χ2n) is 5.67. The van der Waals surface area contributed by atoms with E-state index in [1.54, 1.807) is 0 Å². The minimum absolute atomic E-state index is 0.0301. The van der Waals surface area contributed by atoms with E-state index in [9.17, 15) is 5.11 Å². The zero-order valence-electron chi connectivity index (χ0n) is 11.9. The van der Waals surface area contributed by atoms with E-state index in [0.29, 0.717) is 5.92 Å². The number of rotatable bonds is 3. The van der Waals surface area contributed by atoms with Gasteiger partial charge >= 0.3 is 0 Å². The highest BCUT2D eigenvalue weighted by Crippen LogP contribution is 2.34. The highest BCUT2D eigenvalue weighted by atomic mass is 16.3. The van der Waals surface area contributed by atoms with E-state index in [1.807, 2.05) is 10.7 Å². The molecule has 0 saturated heterocycles. The van der Waals surface area contributed by atoms with Crippen molar-refractivity contribution in [2.45, 2.75) is 51.6 Å². The van der Waals surface area contributed by atoms with E-state index < -0.39 is 0 Å². The van der Waals surface area contributed by atoms with Crippen LogP contribution in [0.5, 0.6) is 0 Å². The van der Waals surface area contributed by atoms with Crippen LogP contribution in [0.1, 0.15) is 55.0 Å². The van der Waals surface area contributed by atoms with E-state index in [4.69, 9.17) is 0 Å². The van der Waals surface area contributed by atoms with Crippen LogP contribution in [0.2, 0.25) is 0 Å². The van der Waals surface area contributed by atoms with Crippen LogP contribution in [0.25, 0.3) is 5.69 Å². The fourth-order valence-electron chi connectivity index (χ4n) is 3.17. The number of hydrogen-bond acceptors (Lipinski definition) is 3. The summed E-state index contributed by atoms with van der Waals surface area (Å²) in [7, 11) is 0. The average molecular weight is 271 g/mol. The summed E-state index contributed by atoms with van der Waals surface area (Å²) in [5.41, 5.74) is 4.09. The Kier molecular flexibility index (Phi) is 3.83. The zero-order chi connectivity index (χ0) is 13.9. The molecular weight excluding hydrogens is 250 g/mol. The maximum atomic E-state index is 9.55. The number of aromatic nitrogens is 3. The highest BCUT2D eigenvalue weighted by molar-refractivity contribution is 5.37. The fourth-order valence-corrected chi connectivity index (χ4v) is 3.17. The van der Waals surface area contributed by atoms with Crippen LogP contribution in [-0.2, 0) is 6.61 Å². The molecule has 4 heteroatoms. The minimum Gasteiger partial charge on any atom is -0.390 e. The molecule has 1 aliphatic carbocycles. The lowest BCUT2D eigenvalue weighted by Gasteiger charge is -2.23. The third-order valence-electron chi connectivity index (χ3n) is 4.17. The monoisotopic (exact) mass is 271 g/mol. The molecule has 1 aromatic heterocycles. The third kappa shape index (κ3) is 2.48. The molecule has 106 valence electrons. The Balaban J connectivity index is 2.04. The van der Waals surface area contributed by atoms with Gasteiger partial charge in [0, 0.05) is 5.92 Å². The van der Waals surface area contributed by atoms with Gasteiger partial charge in [0.05, 0.1) is 18.0 Å². The standard InChI is InChI=1S/C16H21N3O/c1-12-6-5-9-14(10-12)19-16(15(11-20)17-18-19)13-7-3-2-4-8-13/h5-6,9-10,13,20H,2-4,7-8,11H2,1H3. The Morgan fingerprint density at radius 3 is 2.75 bits per heavy atom. The SMILES string of the molecule is Cc1cccc(-n2nnc(CO)c2C2CCCCC2)c1. The molecule has 0 amide bonds. The lowest BCUT2D eigenvalue weighted by molar-refractivity contribution is 0.273. The Morgan fingerprint density at radius 2 is 2.05 bits per heavy atom. The van der Waals surface area contributed by atoms with Crippen LogP contribution < -0.4 is 0 Å². The smallest absolute Gasteiger partial charge is 0.112 e. The molecule has 2 aromatic rings. The summed E-state index contributed by atoms with van der Waals surface area (Å²) < 4.78 is 1.93. The lowest BCUT2D eigenvalue weighted by atomic mass is 9.86. The first kappa shape index (κ1) is 13.3. The van der Waals surface area contributed by atoms with Crippen LogP contribution in [0, 0.1) is 6.92 Å². The fraction of sp³-hybridized carbons (Fsp3) is 0.500. The first-order valence-corrected chi connectivity index (χ1v) is 7.42. The largest absolute Gasteiger partial charge is 0.390 e. The maximum Gasteiger partial charge on any atom is 0.112 e. The molecule has 1 aliphatic rings. The van der Waals surface area contributed by atoms with Gasteiger partial charge in [-0.2, -0.15) is 0 Å². The van der Waals surface area contributed by atoms with Crippen LogP contribution in [-0.4, -0.2) is 20.1 Å². The van der Waals surface area contributed by atoms with Gasteiger partial charge in [0.2, 0.25) is 0 Å². The van der Waals surface area contributed by atoms with Gasteiger partial charge in [0.25, 0.3) is 0 Å². The summed E-state index contributed by atoms with van der Waals surface area (Å²) in [4.78, 5) is 0. The number of benzene rings is 1. The molecule has 1 N–H and O–H groups in total. The van der Waals surface area contributed by atoms with Gasteiger partial charge < -0.3 is 5.11 Å². The summed E-state index contributed by atoms with van der Waals surface area (Å²) >= 11 is 0. The van der Waals surface area contributed by atoms with Crippen molar-refractivity contribution in [1.29, 1.82) is 0 Å². The lowest BCUT2D eigenvalue weighted by Crippen LogP contribution is -2.13. The second-order valence-corrected chi connectivity index (χ2v) is 5.67. The highest BCUT2D eigenvalue weighted by Gasteiger charge is 2.24. The second kappa shape index (κ2) is 5.75. The topological polar surface area (TPSA) is 50.9 Å². The van der Waals surface area contributed by atoms with Crippen molar-refractivity contribution in [3.8, 4) is 5.69 Å². The third-order valence-corrected chi connectivity index (χ3v) is 4.17. The van der Waals surface area contributed by atoms with Gasteiger partial charge in [-0.3, -0.25) is 0 Å². The van der Waals surface area contributed by atoms with Crippen molar-refractivity contribution < 1.29 is 5.11 Å². The first-order chi connectivity index (χ1) is 9.79. The molecule has 1 heterocycles. The van der Waals surface area contributed by atoms with Gasteiger partial charge in [0.1, 0.15) is 5.69 Å². The molecular formula is C16H21N3O. The van der Waals surface area contributed by atoms with Crippen molar-refractivity contribution in [1.82, 2.24) is 15.0 Å². The van der Waals surface area contributed by atoms with Gasteiger partial charge in [-0.05, 0) is 37.5 Å². The van der Waals surface area contributed by atoms with Gasteiger partial charge in [-0.1, -0.05) is 36.6 Å². The van der Waals surface area contributed by atoms with Crippen LogP contribution in [0.3, 0.4) is 0 Å². The minimum atomic E-state index is -0.0301. The predicted octanol–water partition coefficient (Wildman–Crippen LogP) is 3.12. The Morgan fingerprint density at radius 1 is 1.25 bits per heavy atom. The van der Waals surface area contributed by atoms with E-state index in [2.05, 4.69) is 35.4 Å². The molecule has 0 atom stereocenters. The van der Waals surface area contributed by atoms with E-state index >= 15 is 0 Å². The van der Waals surface area contributed by atoms with Gasteiger partial charge in [-0.25, -0.2) is 4.68 Å². The summed E-state index contributed by atoms with van der Waals surface area (Å²) in [5.74, 6) is 0.474. The summed E-state index contributed by atoms with van der Waals surface area (Å²) in [5, 5.41) is 18.0. The van der Waals surface area contributed by atoms with Crippen LogP contribution in [0.15, 0.2) is 24.3 Å². The molecule has 4 nitrogen and oxygen atoms in total. The molecule has 0 aliphatic heterocycles. The van der Waals surface area contributed by atoms with Gasteiger partial charge in [-0.15, -0.1) is 5.10 Å². The molecule has 20 heavy (non-hydrogen) atoms. The van der Waals surface area contributed by atoms with Gasteiger partial charge in [0.15, 0.2) is 0 Å². The number of hydrogen-bond donors (Lipinski definition) is 1. The van der Waals surface area contributed by atoms with Crippen molar-refractivity contribution in [2.75, 3.05) is 0 Å². The van der Waals surface area contributed by atoms with Crippen molar-refractivity contribution >= 4 is 0 Å². The summed E-state index contributed by atoms with van der Waals surface area (Å²) in [6.07, 6.45) is 6.18. The van der Waals surface area contributed by atoms with E-state index in [-0.39, 0.29) is 6.61 Å². The summed E-state index contributed by atoms with van der Waals surface area (Å²) in [6.45, 7) is 2.05. The molecule has 0 radical (unpaired) electrons. The molecule has 0 bridgehead atoms. The van der Waals surface area contributed by atoms with Crippen molar-refractivity contribution in [2.24, 2.45) is 0 Å². The quantitative estimate of drug-likeness (QED) is 0.933. The Bertz CT molecular complexity index is 585. The predicted molar refractivity (Wildman–Crippen MR) is 77.8 cm³/mol. The van der Waals surface area contributed by atoms with E-state index in [0.717, 1.165) is 17.1 Å². The number of nitrogens with zero attached hydrogens (tertiary/aromatic N) is 3. The Labute approximate surface area is 119 Å². The number of aliphatic hydroxyl groups is 1. The molecule has 1 saturated carbocycles. The normalized spacial score (nSPS) is 16.5. The van der Waals surface area contributed by atoms with E-state index in [1.165, 1.54) is 37.7 Å². The number of aryl methyl sites for hydroxylation is 1. The molecule has 0 spiro atoms. The van der Waals surface area contributed by atoms with Crippen LogP contribution in [0.4, 0.5) is 0 Å². The average Bonchev–Trinajstić information content (AvgIpc) is 2.92. The molecule has 1 fully saturated rings. The summed E-state index contributed by atoms with van der Waals surface area (Å²) in [6, 6.07) is 8.28. The number of aliphatic hydroxyl groups excluding tert-OH is 1. The molecule has 0 unspecified atom stereocenters. The van der Waals surface area contributed by atoms with Crippen LogP contribution >= 0.6 is 0 Å². The first-order valence-electron chi connectivity index (χ1n) is 7.42. The Hall–Kier alpha value is -1.68. The molecule has 3 rings (SSSR count). The van der Waals surface area contributed by atoms with Crippen molar-refractivity contribution in [3.63, 3.8) is 0 Å².